The van der Waals surface area contributed by atoms with Gasteiger partial charge in [0, 0.05) is 12.8 Å². The molecule has 1 aromatic heterocycles. The van der Waals surface area contributed by atoms with Gasteiger partial charge in [-0.05, 0) is 11.4 Å². The van der Waals surface area contributed by atoms with Gasteiger partial charge in [0.1, 0.15) is 14.1 Å². The van der Waals surface area contributed by atoms with Crippen LogP contribution in [-0.2, 0) is 0 Å². The number of likely N-dealkylation sites (tertiary alicyclic amines) is 1. The molecule has 1 nitrogen and oxygen atoms in total. The lowest BCUT2D eigenvalue weighted by atomic mass is 10.2. The van der Waals surface area contributed by atoms with E-state index in [-0.39, 0.29) is 0 Å². The fraction of sp³-hybridized carbons (Fsp3) is 0.692. The van der Waals surface area contributed by atoms with Gasteiger partial charge < -0.3 is 4.48 Å². The first-order valence-corrected chi connectivity index (χ1v) is 10.9. The van der Waals surface area contributed by atoms with Gasteiger partial charge in [0.05, 0.1) is 24.6 Å². The van der Waals surface area contributed by atoms with Crippen LogP contribution in [0.2, 0.25) is 19.6 Å². The SMILES string of the molecule is C[N@@+]1(C[Si](C)(C)C)CCC[C@@H]1c1cccs1. The zero-order valence-electron chi connectivity index (χ0n) is 11.0. The van der Waals surface area contributed by atoms with E-state index >= 15 is 0 Å². The summed E-state index contributed by atoms with van der Waals surface area (Å²) in [5.74, 6) is 0. The number of hydrogen-bond donors (Lipinski definition) is 0. The summed E-state index contributed by atoms with van der Waals surface area (Å²) in [5.41, 5.74) is 0. The van der Waals surface area contributed by atoms with Crippen molar-refractivity contribution in [3.05, 3.63) is 22.4 Å². The second-order valence-corrected chi connectivity index (χ2v) is 13.0. The van der Waals surface area contributed by atoms with E-state index < -0.39 is 8.07 Å². The lowest BCUT2D eigenvalue weighted by Gasteiger charge is -2.40. The number of thiophene rings is 1. The minimum atomic E-state index is -0.972. The quantitative estimate of drug-likeness (QED) is 0.567. The highest BCUT2D eigenvalue weighted by molar-refractivity contribution is 7.10. The van der Waals surface area contributed by atoms with Gasteiger partial charge >= 0.3 is 0 Å². The summed E-state index contributed by atoms with van der Waals surface area (Å²) >= 11 is 1.95. The number of hydrogen-bond acceptors (Lipinski definition) is 1. The molecule has 0 radical (unpaired) electrons. The minimum absolute atomic E-state index is 0.784. The number of quaternary nitrogens is 1. The summed E-state index contributed by atoms with van der Waals surface area (Å²) in [6, 6.07) is 5.32. The fourth-order valence-corrected chi connectivity index (χ4v) is 6.86. The van der Waals surface area contributed by atoms with Crippen LogP contribution in [-0.4, -0.2) is 32.3 Å². The highest BCUT2D eigenvalue weighted by Crippen LogP contribution is 2.40. The summed E-state index contributed by atoms with van der Waals surface area (Å²) in [5, 5.41) is 2.23. The van der Waals surface area contributed by atoms with Crippen molar-refractivity contribution in [2.24, 2.45) is 0 Å². The van der Waals surface area contributed by atoms with E-state index in [1.54, 1.807) is 4.88 Å². The van der Waals surface area contributed by atoms with Crippen molar-refractivity contribution in [3.8, 4) is 0 Å². The lowest BCUT2D eigenvalue weighted by Crippen LogP contribution is -2.52. The molecule has 1 aliphatic heterocycles. The molecular formula is C13H24NSSi+. The van der Waals surface area contributed by atoms with E-state index in [1.807, 2.05) is 11.3 Å². The average molecular weight is 254 g/mol. The van der Waals surface area contributed by atoms with Crippen molar-refractivity contribution >= 4 is 19.4 Å². The highest BCUT2D eigenvalue weighted by atomic mass is 32.1. The van der Waals surface area contributed by atoms with Crippen LogP contribution < -0.4 is 0 Å². The summed E-state index contributed by atoms with van der Waals surface area (Å²) in [7, 11) is 1.51. The molecule has 0 unspecified atom stereocenters. The Labute approximate surface area is 105 Å². The van der Waals surface area contributed by atoms with Crippen molar-refractivity contribution < 1.29 is 4.48 Å². The molecular weight excluding hydrogens is 230 g/mol. The van der Waals surface area contributed by atoms with Gasteiger partial charge in [-0.15, -0.1) is 11.3 Å². The molecule has 16 heavy (non-hydrogen) atoms. The molecule has 2 rings (SSSR count). The molecule has 0 N–H and O–H groups in total. The molecule has 0 bridgehead atoms. The Bertz CT molecular complexity index is 341. The van der Waals surface area contributed by atoms with Crippen molar-refractivity contribution in [1.29, 1.82) is 0 Å². The molecule has 3 heteroatoms. The predicted octanol–water partition coefficient (Wildman–Crippen LogP) is 3.91. The third kappa shape index (κ3) is 2.58. The maximum atomic E-state index is 2.50. The molecule has 1 aliphatic rings. The van der Waals surface area contributed by atoms with Crippen LogP contribution >= 0.6 is 11.3 Å². The first-order valence-electron chi connectivity index (χ1n) is 6.28. The van der Waals surface area contributed by atoms with E-state index in [2.05, 4.69) is 44.2 Å². The van der Waals surface area contributed by atoms with Crippen LogP contribution in [0.3, 0.4) is 0 Å². The van der Waals surface area contributed by atoms with Gasteiger partial charge in [-0.25, -0.2) is 0 Å². The van der Waals surface area contributed by atoms with Crippen molar-refractivity contribution in [3.63, 3.8) is 0 Å². The number of rotatable bonds is 3. The maximum absolute atomic E-state index is 2.50. The lowest BCUT2D eigenvalue weighted by molar-refractivity contribution is -0.917. The third-order valence-electron chi connectivity index (χ3n) is 3.61. The van der Waals surface area contributed by atoms with Crippen LogP contribution in [0.1, 0.15) is 23.8 Å². The molecule has 0 spiro atoms. The molecule has 2 heterocycles. The van der Waals surface area contributed by atoms with Crippen LogP contribution in [0.5, 0.6) is 0 Å². The fourth-order valence-electron chi connectivity index (χ4n) is 3.32. The Balaban J connectivity index is 2.20. The molecule has 2 atom stereocenters. The maximum Gasteiger partial charge on any atom is 0.124 e. The van der Waals surface area contributed by atoms with Gasteiger partial charge in [0.25, 0.3) is 0 Å². The number of nitrogens with zero attached hydrogens (tertiary/aromatic N) is 1. The predicted molar refractivity (Wildman–Crippen MR) is 75.6 cm³/mol. The summed E-state index contributed by atoms with van der Waals surface area (Å²) in [6.45, 7) is 8.88. The summed E-state index contributed by atoms with van der Waals surface area (Å²) < 4.78 is 1.30. The van der Waals surface area contributed by atoms with Crippen LogP contribution in [0.15, 0.2) is 17.5 Å². The normalized spacial score (nSPS) is 30.9. The zero-order chi connectivity index (χ0) is 11.8. The highest BCUT2D eigenvalue weighted by Gasteiger charge is 2.42. The first kappa shape index (κ1) is 12.3. The molecule has 0 aliphatic carbocycles. The van der Waals surface area contributed by atoms with Gasteiger partial charge in [-0.2, -0.15) is 0 Å². The van der Waals surface area contributed by atoms with E-state index in [0.29, 0.717) is 0 Å². The van der Waals surface area contributed by atoms with E-state index in [0.717, 1.165) is 6.04 Å². The van der Waals surface area contributed by atoms with Crippen molar-refractivity contribution in [1.82, 2.24) is 0 Å². The Kier molecular flexibility index (Phi) is 3.30. The molecule has 1 saturated heterocycles. The van der Waals surface area contributed by atoms with Crippen LogP contribution in [0.25, 0.3) is 0 Å². The molecule has 0 aromatic carbocycles. The summed E-state index contributed by atoms with van der Waals surface area (Å²) in [6.07, 6.45) is 4.22. The largest absolute Gasteiger partial charge is 0.323 e. The molecule has 1 fully saturated rings. The Morgan fingerprint density at radius 2 is 2.19 bits per heavy atom. The van der Waals surface area contributed by atoms with Gasteiger partial charge in [0.2, 0.25) is 0 Å². The van der Waals surface area contributed by atoms with Gasteiger partial charge in [-0.1, -0.05) is 25.7 Å². The van der Waals surface area contributed by atoms with E-state index in [4.69, 9.17) is 0 Å². The molecule has 0 saturated carbocycles. The van der Waals surface area contributed by atoms with Crippen LogP contribution in [0, 0.1) is 0 Å². The third-order valence-corrected chi connectivity index (χ3v) is 6.25. The van der Waals surface area contributed by atoms with Crippen molar-refractivity contribution in [2.75, 3.05) is 19.8 Å². The van der Waals surface area contributed by atoms with Crippen molar-refractivity contribution in [2.45, 2.75) is 38.5 Å². The first-order chi connectivity index (χ1) is 7.41. The smallest absolute Gasteiger partial charge is 0.124 e. The monoisotopic (exact) mass is 254 g/mol. The summed E-state index contributed by atoms with van der Waals surface area (Å²) in [4.78, 5) is 1.61. The van der Waals surface area contributed by atoms with Gasteiger partial charge in [-0.3, -0.25) is 0 Å². The Morgan fingerprint density at radius 3 is 2.75 bits per heavy atom. The minimum Gasteiger partial charge on any atom is -0.323 e. The Morgan fingerprint density at radius 1 is 1.44 bits per heavy atom. The molecule has 0 amide bonds. The Hall–Kier alpha value is -0.123. The standard InChI is InChI=1S/C13H24NSSi/c1-14(11-16(2,3)4)9-5-7-12(14)13-8-6-10-15-13/h6,8,10,12H,5,7,9,11H2,1-4H3/q+1/t12-,14+/m1/s1. The molecule has 1 aromatic rings. The van der Waals surface area contributed by atoms with Gasteiger partial charge in [0.15, 0.2) is 0 Å². The molecule has 90 valence electrons. The topological polar surface area (TPSA) is 0 Å². The average Bonchev–Trinajstić information content (AvgIpc) is 2.69. The van der Waals surface area contributed by atoms with E-state index in [1.165, 1.54) is 30.0 Å². The van der Waals surface area contributed by atoms with Crippen LogP contribution in [0.4, 0.5) is 0 Å². The van der Waals surface area contributed by atoms with E-state index in [9.17, 15) is 0 Å². The zero-order valence-corrected chi connectivity index (χ0v) is 12.8. The second-order valence-electron chi connectivity index (χ2n) is 6.60. The second kappa shape index (κ2) is 4.28.